The largest absolute Gasteiger partial charge is 0.444 e. The van der Waals surface area contributed by atoms with Crippen LogP contribution in [0.5, 0.6) is 0 Å². The van der Waals surface area contributed by atoms with Gasteiger partial charge in [0, 0.05) is 12.5 Å². The lowest BCUT2D eigenvalue weighted by Gasteiger charge is -2.47. The molecule has 2 fully saturated rings. The van der Waals surface area contributed by atoms with Crippen LogP contribution < -0.4 is 5.32 Å². The van der Waals surface area contributed by atoms with Crippen LogP contribution in [-0.2, 0) is 9.53 Å². The minimum absolute atomic E-state index is 0.208. The zero-order valence-corrected chi connectivity index (χ0v) is 16.5. The maximum Gasteiger partial charge on any atom is 0.408 e. The minimum Gasteiger partial charge on any atom is -0.444 e. The van der Waals surface area contributed by atoms with Crippen molar-refractivity contribution in [3.63, 3.8) is 0 Å². The van der Waals surface area contributed by atoms with E-state index in [4.69, 9.17) is 4.74 Å². The van der Waals surface area contributed by atoms with Crippen LogP contribution in [0.4, 0.5) is 9.18 Å². The molecule has 1 heterocycles. The molecule has 1 aromatic rings. The molecule has 2 aliphatic rings. The highest BCUT2D eigenvalue weighted by Crippen LogP contribution is 2.45. The second-order valence-corrected chi connectivity index (χ2v) is 8.72. The number of likely N-dealkylation sites (tertiary alicyclic amines) is 1. The van der Waals surface area contributed by atoms with Gasteiger partial charge in [0.1, 0.15) is 5.60 Å². The summed E-state index contributed by atoms with van der Waals surface area (Å²) in [6, 6.07) is 9.41. The molecule has 1 aliphatic carbocycles. The zero-order chi connectivity index (χ0) is 19.8. The Morgan fingerprint density at radius 2 is 1.93 bits per heavy atom. The lowest BCUT2D eigenvalue weighted by Crippen LogP contribution is -2.61. The number of ether oxygens (including phenoxy) is 1. The normalized spacial score (nSPS) is 25.7. The molecule has 0 radical (unpaired) electrons. The van der Waals surface area contributed by atoms with E-state index < -0.39 is 35.2 Å². The first-order valence-corrected chi connectivity index (χ1v) is 9.64. The van der Waals surface area contributed by atoms with Gasteiger partial charge in [-0.15, -0.1) is 0 Å². The molecule has 2 amide bonds. The lowest BCUT2D eigenvalue weighted by atomic mass is 9.67. The van der Waals surface area contributed by atoms with E-state index in [0.29, 0.717) is 19.4 Å². The van der Waals surface area contributed by atoms with Crippen molar-refractivity contribution in [1.82, 2.24) is 10.2 Å². The summed E-state index contributed by atoms with van der Waals surface area (Å²) in [5.74, 6) is -1.05. The molecule has 1 saturated heterocycles. The number of benzene rings is 1. The van der Waals surface area contributed by atoms with Crippen LogP contribution in [0.2, 0.25) is 0 Å². The molecule has 1 aromatic carbocycles. The number of alkyl halides is 1. The molecule has 3 rings (SSSR count). The Hall–Kier alpha value is -2.11. The molecule has 5 nitrogen and oxygen atoms in total. The van der Waals surface area contributed by atoms with Gasteiger partial charge in [0.15, 0.2) is 6.17 Å². The third-order valence-corrected chi connectivity index (χ3v) is 5.72. The van der Waals surface area contributed by atoms with Crippen molar-refractivity contribution in [2.24, 2.45) is 5.92 Å². The topological polar surface area (TPSA) is 58.6 Å². The fourth-order valence-electron chi connectivity index (χ4n) is 4.09. The fourth-order valence-corrected chi connectivity index (χ4v) is 4.09. The number of nitrogens with one attached hydrogen (secondary N) is 1. The molecule has 148 valence electrons. The molecule has 1 saturated carbocycles. The summed E-state index contributed by atoms with van der Waals surface area (Å²) in [6.07, 6.45) is 0.0837. The highest BCUT2D eigenvalue weighted by Gasteiger charge is 2.56. The van der Waals surface area contributed by atoms with Gasteiger partial charge in [-0.3, -0.25) is 4.79 Å². The number of halogens is 1. The number of alkyl carbamates (subject to hydrolysis) is 1. The Balaban J connectivity index is 1.75. The van der Waals surface area contributed by atoms with Crippen LogP contribution in [0.25, 0.3) is 0 Å². The van der Waals surface area contributed by atoms with Crippen molar-refractivity contribution < 1.29 is 18.7 Å². The average Bonchev–Trinajstić information content (AvgIpc) is 2.86. The van der Waals surface area contributed by atoms with Crippen LogP contribution in [0, 0.1) is 5.92 Å². The molecule has 1 aliphatic heterocycles. The van der Waals surface area contributed by atoms with Crippen molar-refractivity contribution in [3.05, 3.63) is 35.9 Å². The highest BCUT2D eigenvalue weighted by atomic mass is 19.1. The molecule has 0 aromatic heterocycles. The van der Waals surface area contributed by atoms with Gasteiger partial charge in [0.05, 0.1) is 11.6 Å². The van der Waals surface area contributed by atoms with Crippen molar-refractivity contribution >= 4 is 12.0 Å². The summed E-state index contributed by atoms with van der Waals surface area (Å²) < 4.78 is 20.4. The van der Waals surface area contributed by atoms with Crippen LogP contribution in [-0.4, -0.2) is 40.8 Å². The molecule has 6 heteroatoms. The molecular weight excluding hydrogens is 347 g/mol. The van der Waals surface area contributed by atoms with Gasteiger partial charge in [-0.1, -0.05) is 30.3 Å². The van der Waals surface area contributed by atoms with Gasteiger partial charge >= 0.3 is 6.09 Å². The Kier molecular flexibility index (Phi) is 5.19. The second-order valence-electron chi connectivity index (χ2n) is 8.72. The summed E-state index contributed by atoms with van der Waals surface area (Å²) >= 11 is 0. The highest BCUT2D eigenvalue weighted by molar-refractivity contribution is 5.84. The van der Waals surface area contributed by atoms with Crippen LogP contribution in [0.15, 0.2) is 30.3 Å². The van der Waals surface area contributed by atoms with Crippen LogP contribution in [0.1, 0.15) is 58.6 Å². The average molecular weight is 376 g/mol. The van der Waals surface area contributed by atoms with E-state index in [1.54, 1.807) is 25.7 Å². The van der Waals surface area contributed by atoms with E-state index in [0.717, 1.165) is 12.0 Å². The van der Waals surface area contributed by atoms with Gasteiger partial charge < -0.3 is 15.0 Å². The third-order valence-electron chi connectivity index (χ3n) is 5.72. The third kappa shape index (κ3) is 3.94. The summed E-state index contributed by atoms with van der Waals surface area (Å²) in [5.41, 5.74) is -0.354. The molecule has 0 bridgehead atoms. The quantitative estimate of drug-likeness (QED) is 0.864. The summed E-state index contributed by atoms with van der Waals surface area (Å²) in [6.45, 7) is 7.59. The molecule has 2 unspecified atom stereocenters. The number of amides is 2. The molecule has 3 atom stereocenters. The monoisotopic (exact) mass is 376 g/mol. The van der Waals surface area contributed by atoms with Gasteiger partial charge in [-0.2, -0.15) is 0 Å². The fraction of sp³-hybridized carbons (Fsp3) is 0.619. The number of hydrogen-bond acceptors (Lipinski definition) is 3. The van der Waals surface area contributed by atoms with Crippen molar-refractivity contribution in [3.8, 4) is 0 Å². The maximum atomic E-state index is 15.0. The van der Waals surface area contributed by atoms with Gasteiger partial charge in [-0.05, 0) is 52.5 Å². The summed E-state index contributed by atoms with van der Waals surface area (Å²) in [5, 5.41) is 2.90. The maximum absolute atomic E-state index is 15.0. The van der Waals surface area contributed by atoms with E-state index in [1.807, 2.05) is 37.3 Å². The SMILES string of the molecule is C[C@@H](c1ccccc1)N1CC(C2(NC(=O)OC(C)(C)C)CCC2)C(F)C1=O. The Morgan fingerprint density at radius 1 is 1.30 bits per heavy atom. The van der Waals surface area contributed by atoms with Gasteiger partial charge in [-0.25, -0.2) is 9.18 Å². The van der Waals surface area contributed by atoms with Crippen molar-refractivity contribution in [1.29, 1.82) is 0 Å². The summed E-state index contributed by atoms with van der Waals surface area (Å²) in [4.78, 5) is 26.5. The number of carbonyl (C=O) groups excluding carboxylic acids is 2. The molecular formula is C21H29FN2O3. The lowest BCUT2D eigenvalue weighted by molar-refractivity contribution is -0.134. The zero-order valence-electron chi connectivity index (χ0n) is 16.5. The van der Waals surface area contributed by atoms with Gasteiger partial charge in [0.25, 0.3) is 5.91 Å². The van der Waals surface area contributed by atoms with E-state index in [1.165, 1.54) is 0 Å². The predicted molar refractivity (Wildman–Crippen MR) is 101 cm³/mol. The second kappa shape index (κ2) is 7.13. The van der Waals surface area contributed by atoms with Crippen molar-refractivity contribution in [2.45, 2.75) is 70.3 Å². The Bertz CT molecular complexity index is 697. The first-order valence-electron chi connectivity index (χ1n) is 9.64. The predicted octanol–water partition coefficient (Wildman–Crippen LogP) is 3.99. The van der Waals surface area contributed by atoms with Crippen LogP contribution >= 0.6 is 0 Å². The van der Waals surface area contributed by atoms with Gasteiger partial charge in [0.2, 0.25) is 0 Å². The number of hydrogen-bond donors (Lipinski definition) is 1. The van der Waals surface area contributed by atoms with E-state index in [9.17, 15) is 9.59 Å². The van der Waals surface area contributed by atoms with Crippen LogP contribution in [0.3, 0.4) is 0 Å². The first kappa shape index (κ1) is 19.6. The van der Waals surface area contributed by atoms with E-state index in [2.05, 4.69) is 5.32 Å². The number of carbonyl (C=O) groups is 2. The van der Waals surface area contributed by atoms with E-state index >= 15 is 4.39 Å². The summed E-state index contributed by atoms with van der Waals surface area (Å²) in [7, 11) is 0. The minimum atomic E-state index is -1.61. The molecule has 27 heavy (non-hydrogen) atoms. The Morgan fingerprint density at radius 3 is 2.44 bits per heavy atom. The van der Waals surface area contributed by atoms with E-state index in [-0.39, 0.29) is 6.04 Å². The Labute approximate surface area is 160 Å². The first-order chi connectivity index (χ1) is 12.6. The standard InChI is InChI=1S/C21H29FN2O3/c1-14(15-9-6-5-7-10-15)24-13-16(17(22)18(24)25)21(11-8-12-21)23-19(26)27-20(2,3)4/h5-7,9-10,14,16-17H,8,11-13H2,1-4H3,(H,23,26)/t14-,16?,17?/m0/s1. The van der Waals surface area contributed by atoms with Crippen molar-refractivity contribution in [2.75, 3.05) is 6.54 Å². The smallest absolute Gasteiger partial charge is 0.408 e. The molecule has 1 N–H and O–H groups in total. The molecule has 0 spiro atoms. The number of nitrogens with zero attached hydrogens (tertiary/aromatic N) is 1. The number of rotatable bonds is 4.